The molecule has 114 valence electrons. The van der Waals surface area contributed by atoms with Gasteiger partial charge in [-0.15, -0.1) is 0 Å². The molecule has 0 saturated carbocycles. The largest absolute Gasteiger partial charge is 0.457 e. The fraction of sp³-hybridized carbons (Fsp3) is 0.0952. The molecule has 23 heavy (non-hydrogen) atoms. The van der Waals surface area contributed by atoms with Gasteiger partial charge in [0.1, 0.15) is 11.5 Å². The molecule has 0 spiro atoms. The van der Waals surface area contributed by atoms with Gasteiger partial charge in [-0.1, -0.05) is 30.3 Å². The minimum atomic E-state index is 0.0272. The molecule has 0 bridgehead atoms. The van der Waals surface area contributed by atoms with Crippen molar-refractivity contribution in [3.8, 4) is 11.5 Å². The standard InChI is InChI=1S/C21H18O2/c1-15-8-9-18(14-16(15)2)21(22)17-10-12-20(13-11-17)23-19-6-4-3-5-7-19/h3-14H,1-2H3. The monoisotopic (exact) mass is 302 g/mol. The van der Waals surface area contributed by atoms with Crippen molar-refractivity contribution >= 4 is 5.78 Å². The van der Waals surface area contributed by atoms with Crippen molar-refractivity contribution in [1.82, 2.24) is 0 Å². The van der Waals surface area contributed by atoms with Crippen LogP contribution in [-0.4, -0.2) is 5.78 Å². The average molecular weight is 302 g/mol. The molecule has 0 aliphatic rings. The summed E-state index contributed by atoms with van der Waals surface area (Å²) >= 11 is 0. The first-order valence-electron chi connectivity index (χ1n) is 7.58. The first-order valence-corrected chi connectivity index (χ1v) is 7.58. The number of aryl methyl sites for hydroxylation is 2. The summed E-state index contributed by atoms with van der Waals surface area (Å²) in [5.74, 6) is 1.52. The highest BCUT2D eigenvalue weighted by Gasteiger charge is 2.10. The second kappa shape index (κ2) is 6.49. The Morgan fingerprint density at radius 2 is 1.30 bits per heavy atom. The van der Waals surface area contributed by atoms with Crippen molar-refractivity contribution in [1.29, 1.82) is 0 Å². The molecule has 2 nitrogen and oxygen atoms in total. The number of para-hydroxylation sites is 1. The molecule has 3 aromatic rings. The highest BCUT2D eigenvalue weighted by molar-refractivity contribution is 6.09. The van der Waals surface area contributed by atoms with Crippen molar-refractivity contribution in [2.75, 3.05) is 0 Å². The van der Waals surface area contributed by atoms with E-state index < -0.39 is 0 Å². The van der Waals surface area contributed by atoms with Crippen LogP contribution in [0.3, 0.4) is 0 Å². The summed E-state index contributed by atoms with van der Waals surface area (Å²) in [6, 6.07) is 22.6. The molecule has 3 aromatic carbocycles. The van der Waals surface area contributed by atoms with Gasteiger partial charge in [0.25, 0.3) is 0 Å². The number of ether oxygens (including phenoxy) is 1. The van der Waals surface area contributed by atoms with Gasteiger partial charge in [-0.05, 0) is 67.4 Å². The number of rotatable bonds is 4. The maximum absolute atomic E-state index is 12.5. The topological polar surface area (TPSA) is 26.3 Å². The molecule has 0 heterocycles. The van der Waals surface area contributed by atoms with Crippen molar-refractivity contribution in [3.05, 3.63) is 95.1 Å². The highest BCUT2D eigenvalue weighted by Crippen LogP contribution is 2.22. The molecule has 2 heteroatoms. The fourth-order valence-electron chi connectivity index (χ4n) is 2.35. The minimum absolute atomic E-state index is 0.0272. The minimum Gasteiger partial charge on any atom is -0.457 e. The predicted molar refractivity (Wildman–Crippen MR) is 92.3 cm³/mol. The maximum Gasteiger partial charge on any atom is 0.193 e. The van der Waals surface area contributed by atoms with E-state index >= 15 is 0 Å². The Kier molecular flexibility index (Phi) is 4.24. The number of hydrogen-bond donors (Lipinski definition) is 0. The molecule has 0 atom stereocenters. The molecular weight excluding hydrogens is 284 g/mol. The number of carbonyl (C=O) groups excluding carboxylic acids is 1. The van der Waals surface area contributed by atoms with E-state index in [-0.39, 0.29) is 5.78 Å². The van der Waals surface area contributed by atoms with Crippen LogP contribution >= 0.6 is 0 Å². The molecule has 0 aliphatic heterocycles. The third-order valence-corrected chi connectivity index (χ3v) is 3.86. The molecule has 0 N–H and O–H groups in total. The number of benzene rings is 3. The van der Waals surface area contributed by atoms with Crippen molar-refractivity contribution in [3.63, 3.8) is 0 Å². The van der Waals surface area contributed by atoms with Crippen molar-refractivity contribution < 1.29 is 9.53 Å². The Bertz CT molecular complexity index is 818. The zero-order chi connectivity index (χ0) is 16.2. The van der Waals surface area contributed by atoms with Crippen molar-refractivity contribution in [2.24, 2.45) is 0 Å². The maximum atomic E-state index is 12.5. The normalized spacial score (nSPS) is 10.3. The Hall–Kier alpha value is -2.87. The summed E-state index contributed by atoms with van der Waals surface area (Å²) in [4.78, 5) is 12.5. The van der Waals surface area contributed by atoms with Gasteiger partial charge < -0.3 is 4.74 Å². The zero-order valence-electron chi connectivity index (χ0n) is 13.2. The van der Waals surface area contributed by atoms with E-state index in [1.54, 1.807) is 12.1 Å². The van der Waals surface area contributed by atoms with E-state index in [4.69, 9.17) is 4.74 Å². The Labute approximate surface area is 136 Å². The van der Waals surface area contributed by atoms with Gasteiger partial charge in [0.05, 0.1) is 0 Å². The summed E-state index contributed by atoms with van der Waals surface area (Å²) in [7, 11) is 0. The zero-order valence-corrected chi connectivity index (χ0v) is 13.2. The highest BCUT2D eigenvalue weighted by atomic mass is 16.5. The smallest absolute Gasteiger partial charge is 0.193 e. The van der Waals surface area contributed by atoms with Gasteiger partial charge in [0.15, 0.2) is 5.78 Å². The van der Waals surface area contributed by atoms with E-state index in [2.05, 4.69) is 0 Å². The predicted octanol–water partition coefficient (Wildman–Crippen LogP) is 5.33. The Balaban J connectivity index is 1.78. The van der Waals surface area contributed by atoms with Gasteiger partial charge in [-0.25, -0.2) is 0 Å². The second-order valence-electron chi connectivity index (χ2n) is 5.57. The summed E-state index contributed by atoms with van der Waals surface area (Å²) < 4.78 is 5.74. The second-order valence-corrected chi connectivity index (χ2v) is 5.57. The summed E-state index contributed by atoms with van der Waals surface area (Å²) in [6.07, 6.45) is 0. The molecule has 3 rings (SSSR count). The van der Waals surface area contributed by atoms with Gasteiger partial charge in [-0.2, -0.15) is 0 Å². The van der Waals surface area contributed by atoms with Gasteiger partial charge >= 0.3 is 0 Å². The number of hydrogen-bond acceptors (Lipinski definition) is 2. The average Bonchev–Trinajstić information content (AvgIpc) is 2.58. The van der Waals surface area contributed by atoms with Gasteiger partial charge in [-0.3, -0.25) is 4.79 Å². The molecule has 0 saturated heterocycles. The fourth-order valence-corrected chi connectivity index (χ4v) is 2.35. The van der Waals surface area contributed by atoms with Crippen LogP contribution in [0.15, 0.2) is 72.8 Å². The molecule has 0 aliphatic carbocycles. The molecule has 0 fully saturated rings. The SMILES string of the molecule is Cc1ccc(C(=O)c2ccc(Oc3ccccc3)cc2)cc1C. The molecule has 0 aromatic heterocycles. The lowest BCUT2D eigenvalue weighted by atomic mass is 9.99. The van der Waals surface area contributed by atoms with Gasteiger partial charge in [0.2, 0.25) is 0 Å². The van der Waals surface area contributed by atoms with E-state index in [0.29, 0.717) is 16.9 Å². The van der Waals surface area contributed by atoms with Crippen molar-refractivity contribution in [2.45, 2.75) is 13.8 Å². The van der Waals surface area contributed by atoms with Crippen LogP contribution in [0, 0.1) is 13.8 Å². The van der Waals surface area contributed by atoms with E-state index in [9.17, 15) is 4.79 Å². The first kappa shape index (κ1) is 15.0. The van der Waals surface area contributed by atoms with Crippen LogP contribution in [-0.2, 0) is 0 Å². The molecular formula is C21H18O2. The summed E-state index contributed by atoms with van der Waals surface area (Å²) in [6.45, 7) is 4.06. The van der Waals surface area contributed by atoms with Crippen LogP contribution in [0.1, 0.15) is 27.0 Å². The van der Waals surface area contributed by atoms with Crippen LogP contribution in [0.5, 0.6) is 11.5 Å². The van der Waals surface area contributed by atoms with E-state index in [1.807, 2.05) is 74.5 Å². The third kappa shape index (κ3) is 3.49. The quantitative estimate of drug-likeness (QED) is 0.609. The van der Waals surface area contributed by atoms with Gasteiger partial charge in [0, 0.05) is 11.1 Å². The first-order chi connectivity index (χ1) is 11.1. The Morgan fingerprint density at radius 3 is 1.96 bits per heavy atom. The van der Waals surface area contributed by atoms with E-state index in [1.165, 1.54) is 5.56 Å². The number of ketones is 1. The lowest BCUT2D eigenvalue weighted by Crippen LogP contribution is -2.02. The number of carbonyl (C=O) groups is 1. The van der Waals surface area contributed by atoms with Crippen LogP contribution in [0.4, 0.5) is 0 Å². The molecule has 0 radical (unpaired) electrons. The van der Waals surface area contributed by atoms with Crippen LogP contribution in [0.2, 0.25) is 0 Å². The third-order valence-electron chi connectivity index (χ3n) is 3.86. The molecule has 0 unspecified atom stereocenters. The van der Waals surface area contributed by atoms with E-state index in [0.717, 1.165) is 11.3 Å². The summed E-state index contributed by atoms with van der Waals surface area (Å²) in [5.41, 5.74) is 3.69. The van der Waals surface area contributed by atoms with Crippen LogP contribution < -0.4 is 4.74 Å². The molecule has 0 amide bonds. The summed E-state index contributed by atoms with van der Waals surface area (Å²) in [5, 5.41) is 0. The lowest BCUT2D eigenvalue weighted by Gasteiger charge is -2.07. The lowest BCUT2D eigenvalue weighted by molar-refractivity contribution is 0.103. The van der Waals surface area contributed by atoms with Crippen LogP contribution in [0.25, 0.3) is 0 Å². The Morgan fingerprint density at radius 1 is 0.696 bits per heavy atom.